The Morgan fingerprint density at radius 2 is 1.93 bits per heavy atom. The molecule has 162 valence electrons. The van der Waals surface area contributed by atoms with E-state index in [2.05, 4.69) is 9.97 Å². The van der Waals surface area contributed by atoms with Crippen LogP contribution in [0.5, 0.6) is 0 Å². The van der Waals surface area contributed by atoms with Gasteiger partial charge >= 0.3 is 7.60 Å². The first kappa shape index (κ1) is 22.1. The van der Waals surface area contributed by atoms with Crippen LogP contribution in [0.4, 0.5) is 5.82 Å². The van der Waals surface area contributed by atoms with Crippen molar-refractivity contribution >= 4 is 24.4 Å². The van der Waals surface area contributed by atoms with E-state index < -0.39 is 43.1 Å². The minimum Gasteiger partial charge on any atom is -0.388 e. The molecule has 29 heavy (non-hydrogen) atoms. The number of hydrogen-bond acceptors (Lipinski definition) is 9. The Labute approximate surface area is 167 Å². The van der Waals surface area contributed by atoms with Crippen molar-refractivity contribution in [1.29, 1.82) is 0 Å². The van der Waals surface area contributed by atoms with Gasteiger partial charge in [0, 0.05) is 12.6 Å². The molecule has 3 heterocycles. The first-order valence-electron chi connectivity index (χ1n) is 9.08. The lowest BCUT2D eigenvalue weighted by atomic mass is 9.97. The van der Waals surface area contributed by atoms with Crippen molar-refractivity contribution in [3.63, 3.8) is 0 Å². The molecule has 5 unspecified atom stereocenters. The summed E-state index contributed by atoms with van der Waals surface area (Å²) in [5.74, 6) is 0.276. The zero-order chi connectivity index (χ0) is 21.8. The Morgan fingerprint density at radius 3 is 2.55 bits per heavy atom. The number of nitrogen functional groups attached to an aromatic ring is 1. The Hall–Kier alpha value is -1.59. The van der Waals surface area contributed by atoms with Crippen molar-refractivity contribution in [2.24, 2.45) is 0 Å². The maximum atomic E-state index is 12.3. The summed E-state index contributed by atoms with van der Waals surface area (Å²) >= 11 is 0. The molecule has 2 aromatic heterocycles. The van der Waals surface area contributed by atoms with Gasteiger partial charge in [-0.15, -0.1) is 0 Å². The van der Waals surface area contributed by atoms with Crippen molar-refractivity contribution < 1.29 is 34.0 Å². The molecule has 0 spiro atoms. The molecular weight excluding hydrogens is 403 g/mol. The number of anilines is 1. The van der Waals surface area contributed by atoms with Gasteiger partial charge in [0.05, 0.1) is 17.1 Å². The minimum atomic E-state index is -4.37. The summed E-state index contributed by atoms with van der Waals surface area (Å²) in [5, 5.41) is 29.5. The van der Waals surface area contributed by atoms with Gasteiger partial charge in [-0.25, -0.2) is 9.97 Å². The molecule has 12 heteroatoms. The Bertz CT molecular complexity index is 941. The fourth-order valence-electron chi connectivity index (χ4n) is 3.29. The summed E-state index contributed by atoms with van der Waals surface area (Å²) in [5.41, 5.74) is 5.03. The second kappa shape index (κ2) is 7.28. The van der Waals surface area contributed by atoms with E-state index in [1.54, 1.807) is 16.8 Å². The first-order chi connectivity index (χ1) is 13.2. The molecular formula is C17H27N4O7P. The van der Waals surface area contributed by atoms with Crippen LogP contribution in [0.15, 0.2) is 18.6 Å². The summed E-state index contributed by atoms with van der Waals surface area (Å²) in [7, 11) is -4.37. The van der Waals surface area contributed by atoms with Crippen molar-refractivity contribution in [2.45, 2.75) is 69.6 Å². The van der Waals surface area contributed by atoms with Crippen LogP contribution < -0.4 is 5.73 Å². The molecule has 1 aliphatic heterocycles. The smallest absolute Gasteiger partial charge is 0.359 e. The molecule has 0 radical (unpaired) electrons. The van der Waals surface area contributed by atoms with E-state index in [1.165, 1.54) is 34.0 Å². The quantitative estimate of drug-likeness (QED) is 0.411. The molecule has 0 amide bonds. The summed E-state index contributed by atoms with van der Waals surface area (Å²) in [6, 6.07) is 1.68. The minimum absolute atomic E-state index is 0.0152. The summed E-state index contributed by atoms with van der Waals surface area (Å²) in [6.07, 6.45) is -1.51. The summed E-state index contributed by atoms with van der Waals surface area (Å²) in [6.45, 7) is 5.43. The number of nitrogens with zero attached hydrogens (tertiary/aromatic N) is 3. The fourth-order valence-corrected chi connectivity index (χ4v) is 4.26. The average molecular weight is 430 g/mol. The van der Waals surface area contributed by atoms with Crippen LogP contribution in [-0.2, 0) is 13.8 Å². The van der Waals surface area contributed by atoms with Crippen LogP contribution in [-0.4, -0.2) is 64.0 Å². The van der Waals surface area contributed by atoms with Crippen LogP contribution in [0.1, 0.15) is 40.3 Å². The van der Waals surface area contributed by atoms with Crippen molar-refractivity contribution in [1.82, 2.24) is 14.5 Å². The molecule has 3 rings (SSSR count). The maximum absolute atomic E-state index is 12.3. The monoisotopic (exact) mass is 430 g/mol. The zero-order valence-corrected chi connectivity index (χ0v) is 17.5. The lowest BCUT2D eigenvalue weighted by Gasteiger charge is -2.34. The molecule has 5 atom stereocenters. The number of nitrogens with two attached hydrogens (primary N) is 1. The van der Waals surface area contributed by atoms with Crippen LogP contribution in [0, 0.1) is 0 Å². The third-order valence-corrected chi connectivity index (χ3v) is 7.03. The highest BCUT2D eigenvalue weighted by atomic mass is 31.2. The second-order valence-corrected chi connectivity index (χ2v) is 10.7. The van der Waals surface area contributed by atoms with E-state index in [4.69, 9.17) is 15.0 Å². The summed E-state index contributed by atoms with van der Waals surface area (Å²) in [4.78, 5) is 18.1. The molecule has 1 saturated heterocycles. The number of fused-ring (bicyclic) bond motifs is 1. The van der Waals surface area contributed by atoms with E-state index >= 15 is 0 Å². The Morgan fingerprint density at radius 1 is 1.28 bits per heavy atom. The van der Waals surface area contributed by atoms with Gasteiger partial charge in [0.1, 0.15) is 30.0 Å². The highest BCUT2D eigenvalue weighted by Gasteiger charge is 2.49. The number of aliphatic hydroxyl groups is 3. The Kier molecular flexibility index (Phi) is 5.55. The molecule has 2 aromatic rings. The van der Waals surface area contributed by atoms with Crippen molar-refractivity contribution in [2.75, 3.05) is 5.73 Å². The topological polar surface area (TPSA) is 173 Å². The van der Waals surface area contributed by atoms with Gasteiger partial charge in [-0.3, -0.25) is 4.57 Å². The van der Waals surface area contributed by atoms with Gasteiger partial charge < -0.3 is 39.8 Å². The normalized spacial score (nSPS) is 28.0. The first-order valence-corrected chi connectivity index (χ1v) is 10.7. The molecule has 0 bridgehead atoms. The largest absolute Gasteiger partial charge is 0.388 e. The number of ether oxygens (including phenoxy) is 1. The van der Waals surface area contributed by atoms with Crippen LogP contribution in [0.2, 0.25) is 0 Å². The zero-order valence-electron chi connectivity index (χ0n) is 16.6. The van der Waals surface area contributed by atoms with E-state index in [0.29, 0.717) is 11.0 Å². The van der Waals surface area contributed by atoms with Crippen LogP contribution >= 0.6 is 7.60 Å². The van der Waals surface area contributed by atoms with Crippen LogP contribution in [0.3, 0.4) is 0 Å². The summed E-state index contributed by atoms with van der Waals surface area (Å²) < 4.78 is 25.0. The van der Waals surface area contributed by atoms with Gasteiger partial charge in [-0.2, -0.15) is 0 Å². The molecule has 11 nitrogen and oxygen atoms in total. The van der Waals surface area contributed by atoms with Crippen molar-refractivity contribution in [3.05, 3.63) is 18.6 Å². The van der Waals surface area contributed by atoms with E-state index in [9.17, 15) is 24.8 Å². The Balaban J connectivity index is 1.80. The predicted octanol–water partition coefficient (Wildman–Crippen LogP) is 0.732. The van der Waals surface area contributed by atoms with Gasteiger partial charge in [0.2, 0.25) is 0 Å². The SMILES string of the molecule is CC(C)(CC1OC(n2ccc3c(N)ncnc32)C(O)C1O)OP(=O)(O)C(C)(C)O. The van der Waals surface area contributed by atoms with Crippen LogP contribution in [0.25, 0.3) is 11.0 Å². The maximum Gasteiger partial charge on any atom is 0.359 e. The van der Waals surface area contributed by atoms with E-state index in [1.807, 2.05) is 0 Å². The lowest BCUT2D eigenvalue weighted by molar-refractivity contribution is -0.0629. The highest BCUT2D eigenvalue weighted by molar-refractivity contribution is 7.54. The highest BCUT2D eigenvalue weighted by Crippen LogP contribution is 2.57. The molecule has 0 aliphatic carbocycles. The molecule has 1 fully saturated rings. The molecule has 0 saturated carbocycles. The number of hydrogen-bond donors (Lipinski definition) is 5. The van der Waals surface area contributed by atoms with Gasteiger partial charge in [-0.1, -0.05) is 0 Å². The van der Waals surface area contributed by atoms with E-state index in [0.717, 1.165) is 0 Å². The standard InChI is InChI=1S/C17H27N4O7P/c1-16(2,28-29(25,26)17(3,4)24)7-10-11(22)12(23)15(27-10)21-6-5-9-13(18)19-8-20-14(9)21/h5-6,8,10-12,15,22-24H,7H2,1-4H3,(H,25,26)(H2,18,19,20). The van der Waals surface area contributed by atoms with Gasteiger partial charge in [0.25, 0.3) is 0 Å². The molecule has 0 aromatic carbocycles. The lowest BCUT2D eigenvalue weighted by Crippen LogP contribution is -2.38. The van der Waals surface area contributed by atoms with E-state index in [-0.39, 0.29) is 12.2 Å². The second-order valence-electron chi connectivity index (χ2n) is 8.34. The third-order valence-electron chi connectivity index (χ3n) is 4.91. The van der Waals surface area contributed by atoms with Gasteiger partial charge in [0.15, 0.2) is 11.6 Å². The average Bonchev–Trinajstić information content (AvgIpc) is 3.10. The van der Waals surface area contributed by atoms with Gasteiger partial charge in [-0.05, 0) is 33.8 Å². The third kappa shape index (κ3) is 4.17. The number of aliphatic hydroxyl groups excluding tert-OH is 2. The number of aromatic nitrogens is 3. The fraction of sp³-hybridized carbons (Fsp3) is 0.647. The molecule has 6 N–H and O–H groups in total. The van der Waals surface area contributed by atoms with Crippen molar-refractivity contribution in [3.8, 4) is 0 Å². The number of rotatable bonds is 6. The predicted molar refractivity (Wildman–Crippen MR) is 104 cm³/mol. The molecule has 1 aliphatic rings.